The zero-order valence-corrected chi connectivity index (χ0v) is 23.5. The van der Waals surface area contributed by atoms with Crippen molar-refractivity contribution in [3.05, 3.63) is 35.9 Å². The maximum absolute atomic E-state index is 14.7. The molecule has 40 heavy (non-hydrogen) atoms. The van der Waals surface area contributed by atoms with Gasteiger partial charge in [-0.15, -0.1) is 0 Å². The van der Waals surface area contributed by atoms with Gasteiger partial charge >= 0.3 is 17.9 Å². The predicted octanol–water partition coefficient (Wildman–Crippen LogP) is 2.23. The van der Waals surface area contributed by atoms with Crippen LogP contribution in [0.25, 0.3) is 0 Å². The normalized spacial score (nSPS) is 44.0. The average molecular weight is 559 g/mol. The van der Waals surface area contributed by atoms with Gasteiger partial charge in [0, 0.05) is 26.2 Å². The van der Waals surface area contributed by atoms with E-state index in [0.717, 1.165) is 0 Å². The number of aliphatic hydroxyl groups is 2. The van der Waals surface area contributed by atoms with E-state index < -0.39 is 82.5 Å². The fourth-order valence-electron chi connectivity index (χ4n) is 8.08. The first kappa shape index (κ1) is 28.7. The van der Waals surface area contributed by atoms with Gasteiger partial charge in [-0.2, -0.15) is 0 Å². The number of fused-ring (bicyclic) bond motifs is 5. The Balaban J connectivity index is 1.76. The molecule has 5 rings (SSSR count). The van der Waals surface area contributed by atoms with E-state index in [-0.39, 0.29) is 30.9 Å². The maximum atomic E-state index is 14.7. The van der Waals surface area contributed by atoms with Crippen molar-refractivity contribution in [2.75, 3.05) is 6.61 Å². The molecule has 1 aromatic rings. The minimum absolute atomic E-state index is 0.0354. The molecule has 1 aliphatic heterocycles. The molecule has 2 N–H and O–H groups in total. The van der Waals surface area contributed by atoms with E-state index in [1.54, 1.807) is 37.3 Å². The van der Waals surface area contributed by atoms with Gasteiger partial charge in [0.15, 0.2) is 17.5 Å². The Kier molecular flexibility index (Phi) is 7.12. The van der Waals surface area contributed by atoms with Gasteiger partial charge in [-0.1, -0.05) is 32.0 Å². The molecule has 10 nitrogen and oxygen atoms in total. The molecule has 4 aliphatic rings. The van der Waals surface area contributed by atoms with Crippen molar-refractivity contribution in [3.63, 3.8) is 0 Å². The average Bonchev–Trinajstić information content (AvgIpc) is 2.89. The number of aliphatic hydroxyl groups excluding tert-OH is 1. The third-order valence-electron chi connectivity index (χ3n) is 10.2. The highest BCUT2D eigenvalue weighted by Crippen LogP contribution is 2.62. The van der Waals surface area contributed by atoms with Crippen molar-refractivity contribution >= 4 is 23.7 Å². The van der Waals surface area contributed by atoms with E-state index in [2.05, 4.69) is 0 Å². The molecule has 2 unspecified atom stereocenters. The van der Waals surface area contributed by atoms with Crippen LogP contribution in [0.5, 0.6) is 0 Å². The summed E-state index contributed by atoms with van der Waals surface area (Å²) in [6.07, 6.45) is -4.12. The highest BCUT2D eigenvalue weighted by molar-refractivity contribution is 5.93. The van der Waals surface area contributed by atoms with E-state index >= 15 is 0 Å². The van der Waals surface area contributed by atoms with Crippen LogP contribution < -0.4 is 0 Å². The third-order valence-corrected chi connectivity index (χ3v) is 10.2. The molecule has 3 saturated carbocycles. The topological polar surface area (TPSA) is 146 Å². The zero-order valence-electron chi connectivity index (χ0n) is 23.5. The van der Waals surface area contributed by atoms with Crippen molar-refractivity contribution in [1.29, 1.82) is 0 Å². The number of Topliss-reactive ketones (excluding diaryl/α,β-unsaturated/α-hetero) is 1. The summed E-state index contributed by atoms with van der Waals surface area (Å²) in [5.74, 6) is -5.18. The summed E-state index contributed by atoms with van der Waals surface area (Å²) < 4.78 is 23.6. The Morgan fingerprint density at radius 1 is 1.05 bits per heavy atom. The fourth-order valence-corrected chi connectivity index (χ4v) is 8.08. The first-order chi connectivity index (χ1) is 18.8. The van der Waals surface area contributed by atoms with Gasteiger partial charge in [0.05, 0.1) is 29.6 Å². The second-order valence-electron chi connectivity index (χ2n) is 12.3. The summed E-state index contributed by atoms with van der Waals surface area (Å²) in [6.45, 7) is 7.57. The number of esters is 3. The van der Waals surface area contributed by atoms with Gasteiger partial charge in [0.2, 0.25) is 0 Å². The number of hydrogen-bond donors (Lipinski definition) is 2. The molecule has 1 saturated heterocycles. The lowest BCUT2D eigenvalue weighted by Gasteiger charge is -2.66. The smallest absolute Gasteiger partial charge is 0.338 e. The van der Waals surface area contributed by atoms with Gasteiger partial charge in [-0.25, -0.2) is 4.79 Å². The van der Waals surface area contributed by atoms with Crippen LogP contribution in [-0.4, -0.2) is 76.1 Å². The Morgan fingerprint density at radius 3 is 2.30 bits per heavy atom. The summed E-state index contributed by atoms with van der Waals surface area (Å²) in [5, 5.41) is 24.2. The lowest BCUT2D eigenvalue weighted by Crippen LogP contribution is -2.81. The number of ether oxygens (including phenoxy) is 4. The molecule has 3 aliphatic carbocycles. The van der Waals surface area contributed by atoms with Crippen molar-refractivity contribution in [2.24, 2.45) is 29.1 Å². The van der Waals surface area contributed by atoms with Crippen molar-refractivity contribution in [1.82, 2.24) is 0 Å². The van der Waals surface area contributed by atoms with Crippen LogP contribution in [0.15, 0.2) is 30.3 Å². The Labute approximate surface area is 233 Å². The second kappa shape index (κ2) is 9.92. The lowest BCUT2D eigenvalue weighted by atomic mass is 9.45. The third kappa shape index (κ3) is 4.10. The maximum Gasteiger partial charge on any atom is 0.338 e. The van der Waals surface area contributed by atoms with Crippen LogP contribution in [0, 0.1) is 29.1 Å². The Hall–Kier alpha value is -2.82. The molecule has 4 fully saturated rings. The van der Waals surface area contributed by atoms with E-state index in [1.807, 2.05) is 6.92 Å². The van der Waals surface area contributed by atoms with Crippen molar-refractivity contribution in [3.8, 4) is 0 Å². The van der Waals surface area contributed by atoms with E-state index in [1.165, 1.54) is 20.8 Å². The Bertz CT molecular complexity index is 1200. The minimum Gasteiger partial charge on any atom is -0.455 e. The second-order valence-corrected chi connectivity index (χ2v) is 12.3. The number of carbonyl (C=O) groups excluding carboxylic acids is 4. The molecule has 218 valence electrons. The summed E-state index contributed by atoms with van der Waals surface area (Å²) in [7, 11) is 0. The van der Waals surface area contributed by atoms with Crippen LogP contribution in [0.2, 0.25) is 0 Å². The first-order valence-corrected chi connectivity index (χ1v) is 14.0. The van der Waals surface area contributed by atoms with Crippen molar-refractivity contribution in [2.45, 2.75) is 89.5 Å². The number of carbonyl (C=O) groups is 4. The number of hydrogen-bond acceptors (Lipinski definition) is 10. The number of benzene rings is 1. The van der Waals surface area contributed by atoms with Crippen LogP contribution in [0.3, 0.4) is 0 Å². The molecular formula is C30H38O10. The summed E-state index contributed by atoms with van der Waals surface area (Å²) in [5.41, 5.74) is -4.67. The molecular weight excluding hydrogens is 520 g/mol. The molecule has 2 bridgehead atoms. The van der Waals surface area contributed by atoms with Crippen LogP contribution in [0.4, 0.5) is 0 Å². The van der Waals surface area contributed by atoms with Crippen LogP contribution in [-0.2, 0) is 33.3 Å². The monoisotopic (exact) mass is 558 g/mol. The highest BCUT2D eigenvalue weighted by Gasteiger charge is 2.77. The molecule has 0 aromatic heterocycles. The van der Waals surface area contributed by atoms with Crippen LogP contribution in [0.1, 0.15) is 64.2 Å². The number of rotatable bonds is 4. The molecule has 0 spiro atoms. The summed E-state index contributed by atoms with van der Waals surface area (Å²) >= 11 is 0. The van der Waals surface area contributed by atoms with E-state index in [4.69, 9.17) is 18.9 Å². The molecule has 11 atom stereocenters. The minimum atomic E-state index is -1.74. The molecule has 1 heterocycles. The summed E-state index contributed by atoms with van der Waals surface area (Å²) in [6, 6.07) is 8.28. The molecule has 0 radical (unpaired) electrons. The van der Waals surface area contributed by atoms with Gasteiger partial charge in [0.1, 0.15) is 17.8 Å². The lowest BCUT2D eigenvalue weighted by molar-refractivity contribution is -0.347. The van der Waals surface area contributed by atoms with E-state index in [9.17, 15) is 29.4 Å². The molecule has 10 heteroatoms. The van der Waals surface area contributed by atoms with Gasteiger partial charge in [-0.3, -0.25) is 14.4 Å². The zero-order chi connectivity index (χ0) is 29.2. The number of ketones is 1. The largest absolute Gasteiger partial charge is 0.455 e. The first-order valence-electron chi connectivity index (χ1n) is 14.0. The fraction of sp³-hybridized carbons (Fsp3) is 0.667. The standard InChI is InChI=1S/C30H38O10/c1-15-11-12-29(36)16(2)22(15)23(38-17(3)31)25(34)28(5)20(33)13-21-30(14-37-21,40-18(4)32)24(28)26(29)39-27(35)19-9-7-6-8-10-19/h6-10,15-16,20-24,26,33,36H,11-14H2,1-5H3/t15?,16-,20+,21-,22?,23-,24+,26+,28-,29+,30+/m1/s1. The SMILES string of the molecule is CC(=O)O[C@H]1C(=O)[C@@]2(C)[C@H]([C@H](OC(=O)c3ccccc3)[C@]3(O)CCC(C)C1[C@H]3C)[C@]1(OC(C)=O)CO[C@@H]1C[C@@H]2O. The Morgan fingerprint density at radius 2 is 1.73 bits per heavy atom. The molecule has 1 aromatic carbocycles. The van der Waals surface area contributed by atoms with Crippen LogP contribution >= 0.6 is 0 Å². The molecule has 0 amide bonds. The van der Waals surface area contributed by atoms with E-state index in [0.29, 0.717) is 6.42 Å². The highest BCUT2D eigenvalue weighted by atomic mass is 16.6. The quantitative estimate of drug-likeness (QED) is 0.417. The summed E-state index contributed by atoms with van der Waals surface area (Å²) in [4.78, 5) is 53.0. The predicted molar refractivity (Wildman–Crippen MR) is 139 cm³/mol. The van der Waals surface area contributed by atoms with Crippen molar-refractivity contribution < 1.29 is 48.3 Å². The van der Waals surface area contributed by atoms with Gasteiger partial charge in [-0.05, 0) is 43.7 Å². The van der Waals surface area contributed by atoms with Gasteiger partial charge < -0.3 is 29.2 Å². The van der Waals surface area contributed by atoms with Gasteiger partial charge in [0.25, 0.3) is 0 Å².